The van der Waals surface area contributed by atoms with Gasteiger partial charge in [-0.1, -0.05) is 12.5 Å². The second-order valence-corrected chi connectivity index (χ2v) is 3.01. The maximum Gasteiger partial charge on any atom is 0.232 e. The van der Waals surface area contributed by atoms with Crippen molar-refractivity contribution >= 4 is 5.78 Å². The van der Waals surface area contributed by atoms with E-state index in [1.165, 1.54) is 0 Å². The van der Waals surface area contributed by atoms with Crippen molar-refractivity contribution in [2.45, 2.75) is 26.7 Å². The Morgan fingerprint density at radius 1 is 1.64 bits per heavy atom. The van der Waals surface area contributed by atoms with Crippen LogP contribution in [0.5, 0.6) is 0 Å². The van der Waals surface area contributed by atoms with Gasteiger partial charge in [0, 0.05) is 6.42 Å². The number of carbonyl (C=O) groups excluding carboxylic acids is 1. The molecule has 0 aliphatic heterocycles. The Balaban J connectivity index is 3.71. The lowest BCUT2D eigenvalue weighted by Gasteiger charge is -2.06. The number of nitriles is 1. The van der Waals surface area contributed by atoms with E-state index < -0.39 is 0 Å². The molecule has 0 heterocycles. The monoisotopic (exact) mass is 151 g/mol. The summed E-state index contributed by atoms with van der Waals surface area (Å²) in [4.78, 5) is 10.6. The highest BCUT2D eigenvalue weighted by molar-refractivity contribution is 5.93. The molecule has 1 atom stereocenters. The van der Waals surface area contributed by atoms with Crippen LogP contribution in [-0.4, -0.2) is 5.78 Å². The predicted molar refractivity (Wildman–Crippen MR) is 43.8 cm³/mol. The van der Waals surface area contributed by atoms with E-state index >= 15 is 0 Å². The van der Waals surface area contributed by atoms with Crippen molar-refractivity contribution in [1.82, 2.24) is 0 Å². The number of Topliss-reactive ketones (excluding diaryl/α,β-unsaturated/α-hetero) is 1. The third-order valence-electron chi connectivity index (χ3n) is 1.36. The molecule has 0 fully saturated rings. The smallest absolute Gasteiger partial charge is 0.232 e. The van der Waals surface area contributed by atoms with E-state index in [1.807, 2.05) is 13.8 Å². The van der Waals surface area contributed by atoms with Gasteiger partial charge < -0.3 is 0 Å². The van der Waals surface area contributed by atoms with E-state index in [4.69, 9.17) is 5.26 Å². The van der Waals surface area contributed by atoms with Crippen LogP contribution in [0.15, 0.2) is 12.2 Å². The van der Waals surface area contributed by atoms with Gasteiger partial charge in [0.1, 0.15) is 6.07 Å². The summed E-state index contributed by atoms with van der Waals surface area (Å²) in [5, 5.41) is 8.20. The van der Waals surface area contributed by atoms with Crippen molar-refractivity contribution in [3.63, 3.8) is 0 Å². The normalized spacial score (nSPS) is 11.7. The van der Waals surface area contributed by atoms with Gasteiger partial charge in [0.2, 0.25) is 5.78 Å². The number of allylic oxidation sites excluding steroid dienone is 1. The Labute approximate surface area is 67.5 Å². The highest BCUT2D eigenvalue weighted by Gasteiger charge is 2.07. The first-order valence-corrected chi connectivity index (χ1v) is 3.63. The molecule has 2 nitrogen and oxygen atoms in total. The first-order chi connectivity index (χ1) is 5.06. The number of rotatable bonds is 4. The van der Waals surface area contributed by atoms with E-state index in [0.717, 1.165) is 12.0 Å². The first-order valence-electron chi connectivity index (χ1n) is 3.63. The highest BCUT2D eigenvalue weighted by Crippen LogP contribution is 2.12. The summed E-state index contributed by atoms with van der Waals surface area (Å²) in [6.07, 6.45) is 1.18. The Morgan fingerprint density at radius 2 is 2.18 bits per heavy atom. The third-order valence-corrected chi connectivity index (χ3v) is 1.36. The summed E-state index contributed by atoms with van der Waals surface area (Å²) in [6, 6.07) is 1.60. The summed E-state index contributed by atoms with van der Waals surface area (Å²) >= 11 is 0. The Bertz CT molecular complexity index is 200. The molecule has 0 aliphatic carbocycles. The summed E-state index contributed by atoms with van der Waals surface area (Å²) in [5.41, 5.74) is 1.06. The van der Waals surface area contributed by atoms with Crippen molar-refractivity contribution in [3.05, 3.63) is 12.2 Å². The van der Waals surface area contributed by atoms with E-state index in [0.29, 0.717) is 6.42 Å². The summed E-state index contributed by atoms with van der Waals surface area (Å²) in [7, 11) is 0. The van der Waals surface area contributed by atoms with Gasteiger partial charge in [-0.15, -0.1) is 6.58 Å². The Morgan fingerprint density at radius 3 is 2.55 bits per heavy atom. The zero-order chi connectivity index (χ0) is 8.85. The van der Waals surface area contributed by atoms with Crippen LogP contribution < -0.4 is 0 Å². The van der Waals surface area contributed by atoms with Gasteiger partial charge in [-0.3, -0.25) is 4.79 Å². The molecule has 0 aromatic heterocycles. The maximum atomic E-state index is 10.6. The van der Waals surface area contributed by atoms with Gasteiger partial charge in [0.25, 0.3) is 0 Å². The first kappa shape index (κ1) is 9.90. The molecule has 0 bridgehead atoms. The molecule has 0 saturated heterocycles. The minimum absolute atomic E-state index is 0.250. The van der Waals surface area contributed by atoms with Crippen molar-refractivity contribution in [2.75, 3.05) is 0 Å². The lowest BCUT2D eigenvalue weighted by molar-refractivity contribution is -0.114. The van der Waals surface area contributed by atoms with Crippen LogP contribution in [0.1, 0.15) is 26.7 Å². The summed E-state index contributed by atoms with van der Waals surface area (Å²) in [5.74, 6) is -0.0848. The second-order valence-electron chi connectivity index (χ2n) is 3.01. The quantitative estimate of drug-likeness (QED) is 0.456. The molecular weight excluding hydrogens is 138 g/mol. The highest BCUT2D eigenvalue weighted by atomic mass is 16.1. The van der Waals surface area contributed by atoms with E-state index in [2.05, 4.69) is 6.58 Å². The molecule has 0 N–H and O–H groups in total. The SMILES string of the molecule is C=C(C)CC(C)CC(=O)C#N. The van der Waals surface area contributed by atoms with Crippen molar-refractivity contribution in [1.29, 1.82) is 5.26 Å². The molecule has 0 radical (unpaired) electrons. The molecule has 60 valence electrons. The minimum atomic E-state index is -0.334. The molecule has 0 spiro atoms. The van der Waals surface area contributed by atoms with E-state index in [9.17, 15) is 4.79 Å². The average molecular weight is 151 g/mol. The van der Waals surface area contributed by atoms with E-state index in [-0.39, 0.29) is 11.7 Å². The molecule has 2 heteroatoms. The zero-order valence-corrected chi connectivity index (χ0v) is 7.05. The zero-order valence-electron chi connectivity index (χ0n) is 7.05. The number of hydrogen-bond acceptors (Lipinski definition) is 2. The molecule has 0 aromatic carbocycles. The average Bonchev–Trinajstić information content (AvgIpc) is 1.85. The molecular formula is C9H13NO. The molecule has 0 aromatic rings. The standard InChI is InChI=1S/C9H13NO/c1-7(2)4-8(3)5-9(11)6-10/h8H,1,4-5H2,2-3H3. The van der Waals surface area contributed by atoms with Gasteiger partial charge in [0.15, 0.2) is 0 Å². The third kappa shape index (κ3) is 5.35. The van der Waals surface area contributed by atoms with Crippen LogP contribution in [0, 0.1) is 17.2 Å². The van der Waals surface area contributed by atoms with Crippen LogP contribution in [0.25, 0.3) is 0 Å². The van der Waals surface area contributed by atoms with Crippen LogP contribution in [-0.2, 0) is 4.79 Å². The topological polar surface area (TPSA) is 40.9 Å². The summed E-state index contributed by atoms with van der Waals surface area (Å²) in [6.45, 7) is 7.61. The van der Waals surface area contributed by atoms with E-state index in [1.54, 1.807) is 6.07 Å². The van der Waals surface area contributed by atoms with Crippen LogP contribution in [0.4, 0.5) is 0 Å². The number of nitrogens with zero attached hydrogens (tertiary/aromatic N) is 1. The molecule has 11 heavy (non-hydrogen) atoms. The van der Waals surface area contributed by atoms with Crippen molar-refractivity contribution in [3.8, 4) is 6.07 Å². The lowest BCUT2D eigenvalue weighted by Crippen LogP contribution is -2.03. The fourth-order valence-corrected chi connectivity index (χ4v) is 1.03. The van der Waals surface area contributed by atoms with Crippen molar-refractivity contribution < 1.29 is 4.79 Å². The molecule has 0 rings (SSSR count). The largest absolute Gasteiger partial charge is 0.283 e. The van der Waals surface area contributed by atoms with Gasteiger partial charge in [-0.2, -0.15) is 5.26 Å². The number of ketones is 1. The Hall–Kier alpha value is -1.10. The van der Waals surface area contributed by atoms with Crippen LogP contribution in [0.2, 0.25) is 0 Å². The molecule has 1 unspecified atom stereocenters. The fourth-order valence-electron chi connectivity index (χ4n) is 1.03. The fraction of sp³-hybridized carbons (Fsp3) is 0.556. The lowest BCUT2D eigenvalue weighted by atomic mass is 9.98. The van der Waals surface area contributed by atoms with Gasteiger partial charge in [0.05, 0.1) is 0 Å². The molecule has 0 amide bonds. The Kier molecular flexibility index (Phi) is 4.21. The van der Waals surface area contributed by atoms with Gasteiger partial charge >= 0.3 is 0 Å². The van der Waals surface area contributed by atoms with Crippen LogP contribution >= 0.6 is 0 Å². The molecule has 0 aliphatic rings. The maximum absolute atomic E-state index is 10.6. The van der Waals surface area contributed by atoms with Gasteiger partial charge in [-0.25, -0.2) is 0 Å². The van der Waals surface area contributed by atoms with Crippen molar-refractivity contribution in [2.24, 2.45) is 5.92 Å². The van der Waals surface area contributed by atoms with Gasteiger partial charge in [-0.05, 0) is 19.3 Å². The second kappa shape index (κ2) is 4.68. The summed E-state index contributed by atoms with van der Waals surface area (Å²) < 4.78 is 0. The number of hydrogen-bond donors (Lipinski definition) is 0. The minimum Gasteiger partial charge on any atom is -0.283 e. The molecule has 0 saturated carbocycles. The predicted octanol–water partition coefficient (Wildman–Crippen LogP) is 2.07. The number of carbonyl (C=O) groups is 1. The van der Waals surface area contributed by atoms with Crippen LogP contribution in [0.3, 0.4) is 0 Å².